The van der Waals surface area contributed by atoms with Gasteiger partial charge in [-0.3, -0.25) is 4.79 Å². The fourth-order valence-corrected chi connectivity index (χ4v) is 5.71. The number of amides is 1. The van der Waals surface area contributed by atoms with Crippen molar-refractivity contribution in [3.05, 3.63) is 94.3 Å². The van der Waals surface area contributed by atoms with Crippen LogP contribution in [0.3, 0.4) is 0 Å². The molecule has 2 aliphatic rings. The number of fused-ring (bicyclic) bond motifs is 1. The summed E-state index contributed by atoms with van der Waals surface area (Å²) in [6, 6.07) is 14.2. The first-order valence-corrected chi connectivity index (χ1v) is 12.9. The molecule has 2 atom stereocenters. The lowest BCUT2D eigenvalue weighted by Gasteiger charge is -2.29. The first kappa shape index (κ1) is 24.3. The van der Waals surface area contributed by atoms with Crippen LogP contribution in [0.15, 0.2) is 70.4 Å². The van der Waals surface area contributed by atoms with Gasteiger partial charge in [-0.25, -0.2) is 23.8 Å². The van der Waals surface area contributed by atoms with Crippen LogP contribution in [-0.4, -0.2) is 32.3 Å². The molecular formula is C28H26F2N4OS. The summed E-state index contributed by atoms with van der Waals surface area (Å²) in [7, 11) is 0. The summed E-state index contributed by atoms with van der Waals surface area (Å²) >= 11 is 1.29. The Morgan fingerprint density at radius 3 is 2.33 bits per heavy atom. The number of nitrogens with zero attached hydrogens (tertiary/aromatic N) is 4. The number of aryl methyl sites for hydroxylation is 2. The van der Waals surface area contributed by atoms with Crippen molar-refractivity contribution in [2.24, 2.45) is 11.0 Å². The zero-order valence-corrected chi connectivity index (χ0v) is 20.9. The van der Waals surface area contributed by atoms with Gasteiger partial charge in [0.05, 0.1) is 17.5 Å². The molecule has 2 aromatic carbocycles. The lowest BCUT2D eigenvalue weighted by atomic mass is 9.77. The van der Waals surface area contributed by atoms with Crippen LogP contribution in [0.4, 0.5) is 8.78 Å². The highest BCUT2D eigenvalue weighted by Gasteiger charge is 2.43. The second-order valence-corrected chi connectivity index (χ2v) is 10.1. The van der Waals surface area contributed by atoms with Crippen LogP contribution < -0.4 is 0 Å². The summed E-state index contributed by atoms with van der Waals surface area (Å²) in [5, 5.41) is 6.96. The summed E-state index contributed by atoms with van der Waals surface area (Å²) in [5.41, 5.74) is 5.37. The number of halogens is 2. The van der Waals surface area contributed by atoms with Gasteiger partial charge in [0.25, 0.3) is 5.91 Å². The Labute approximate surface area is 213 Å². The van der Waals surface area contributed by atoms with Crippen LogP contribution in [0.5, 0.6) is 0 Å². The maximum absolute atomic E-state index is 13.7. The van der Waals surface area contributed by atoms with E-state index < -0.39 is 0 Å². The van der Waals surface area contributed by atoms with Crippen molar-refractivity contribution in [3.8, 4) is 0 Å². The van der Waals surface area contributed by atoms with E-state index in [1.54, 1.807) is 29.3 Å². The molecule has 184 valence electrons. The van der Waals surface area contributed by atoms with Gasteiger partial charge in [-0.05, 0) is 86.2 Å². The third-order valence-electron chi connectivity index (χ3n) is 6.47. The molecule has 1 aliphatic heterocycles. The Morgan fingerprint density at radius 2 is 1.67 bits per heavy atom. The maximum Gasteiger partial charge on any atom is 0.253 e. The molecule has 1 aromatic heterocycles. The molecule has 1 fully saturated rings. The van der Waals surface area contributed by atoms with Gasteiger partial charge in [-0.1, -0.05) is 36.0 Å². The Bertz CT molecular complexity index is 1320. The standard InChI is InChI=1S/C28H26F2N4OS/c1-17-14-18(2)32-28(31-17)36-16-25(35)34-27(20-8-12-23(30)13-9-20)24-5-3-4-21(26(24)33-34)15-19-6-10-22(29)11-7-19/h6-15,24,27H,3-5,16H2,1-2H3/b21-15-/t24-,27+/m1/s1. The number of rotatable bonds is 5. The lowest BCUT2D eigenvalue weighted by molar-refractivity contribution is -0.130. The smallest absolute Gasteiger partial charge is 0.253 e. The van der Waals surface area contributed by atoms with Crippen molar-refractivity contribution in [1.29, 1.82) is 0 Å². The molecule has 5 rings (SSSR count). The monoisotopic (exact) mass is 504 g/mol. The molecule has 0 N–H and O–H groups in total. The maximum atomic E-state index is 13.7. The minimum absolute atomic E-state index is 0.00215. The van der Waals surface area contributed by atoms with E-state index in [0.717, 1.165) is 53.1 Å². The number of hydrogen-bond acceptors (Lipinski definition) is 5. The van der Waals surface area contributed by atoms with Gasteiger partial charge in [0.1, 0.15) is 11.6 Å². The summed E-state index contributed by atoms with van der Waals surface area (Å²) in [6.45, 7) is 3.80. The predicted molar refractivity (Wildman–Crippen MR) is 137 cm³/mol. The molecule has 0 unspecified atom stereocenters. The molecule has 2 heterocycles. The van der Waals surface area contributed by atoms with Crippen LogP contribution in [-0.2, 0) is 4.79 Å². The van der Waals surface area contributed by atoms with Gasteiger partial charge in [0.15, 0.2) is 5.16 Å². The second-order valence-electron chi connectivity index (χ2n) is 9.16. The normalized spacial score (nSPS) is 20.4. The molecule has 0 spiro atoms. The Balaban J connectivity index is 1.46. The fraction of sp³-hybridized carbons (Fsp3) is 0.286. The third kappa shape index (κ3) is 5.23. The molecule has 8 heteroatoms. The van der Waals surface area contributed by atoms with E-state index >= 15 is 0 Å². The Hall–Kier alpha value is -3.39. The highest BCUT2D eigenvalue weighted by Crippen LogP contribution is 2.44. The van der Waals surface area contributed by atoms with Crippen LogP contribution in [0.1, 0.15) is 47.8 Å². The van der Waals surface area contributed by atoms with Crippen molar-refractivity contribution < 1.29 is 13.6 Å². The van der Waals surface area contributed by atoms with Gasteiger partial charge in [-0.2, -0.15) is 5.10 Å². The SMILES string of the molecule is Cc1cc(C)nc(SCC(=O)N2N=C3/C(=C\c4ccc(F)cc4)CCC[C@H]3[C@@H]2c2ccc(F)cc2)n1. The largest absolute Gasteiger partial charge is 0.272 e. The van der Waals surface area contributed by atoms with Crippen molar-refractivity contribution in [3.63, 3.8) is 0 Å². The van der Waals surface area contributed by atoms with Crippen molar-refractivity contribution in [1.82, 2.24) is 15.0 Å². The van der Waals surface area contributed by atoms with E-state index in [1.807, 2.05) is 26.0 Å². The van der Waals surface area contributed by atoms with Crippen molar-refractivity contribution >= 4 is 29.5 Å². The molecule has 1 aliphatic carbocycles. The number of allylic oxidation sites excluding steroid dienone is 1. The number of carbonyl (C=O) groups is 1. The minimum Gasteiger partial charge on any atom is -0.272 e. The molecule has 1 saturated carbocycles. The average Bonchev–Trinajstić information content (AvgIpc) is 3.25. The fourth-order valence-electron chi connectivity index (χ4n) is 4.91. The van der Waals surface area contributed by atoms with E-state index in [2.05, 4.69) is 9.97 Å². The Kier molecular flexibility index (Phi) is 6.96. The van der Waals surface area contributed by atoms with E-state index in [-0.39, 0.29) is 35.3 Å². The summed E-state index contributed by atoms with van der Waals surface area (Å²) < 4.78 is 27.1. The number of thioether (sulfide) groups is 1. The van der Waals surface area contributed by atoms with Gasteiger partial charge in [0.2, 0.25) is 0 Å². The molecule has 0 saturated heterocycles. The molecule has 3 aromatic rings. The number of carbonyl (C=O) groups excluding carboxylic acids is 1. The van der Waals surface area contributed by atoms with E-state index in [4.69, 9.17) is 5.10 Å². The minimum atomic E-state index is -0.321. The first-order chi connectivity index (χ1) is 17.4. The molecule has 5 nitrogen and oxygen atoms in total. The van der Waals surface area contributed by atoms with Crippen molar-refractivity contribution in [2.45, 2.75) is 44.3 Å². The van der Waals surface area contributed by atoms with Crippen molar-refractivity contribution in [2.75, 3.05) is 5.75 Å². The molecule has 36 heavy (non-hydrogen) atoms. The number of hydrazone groups is 1. The van der Waals surface area contributed by atoms with Gasteiger partial charge < -0.3 is 0 Å². The van der Waals surface area contributed by atoms with E-state index in [1.165, 1.54) is 36.0 Å². The third-order valence-corrected chi connectivity index (χ3v) is 7.30. The number of benzene rings is 2. The zero-order chi connectivity index (χ0) is 25.2. The highest BCUT2D eigenvalue weighted by molar-refractivity contribution is 7.99. The average molecular weight is 505 g/mol. The molecule has 0 bridgehead atoms. The summed E-state index contributed by atoms with van der Waals surface area (Å²) in [4.78, 5) is 22.3. The van der Waals surface area contributed by atoms with Crippen LogP contribution in [0, 0.1) is 31.4 Å². The van der Waals surface area contributed by atoms with Gasteiger partial charge >= 0.3 is 0 Å². The molecule has 0 radical (unpaired) electrons. The topological polar surface area (TPSA) is 58.5 Å². The first-order valence-electron chi connectivity index (χ1n) is 11.9. The zero-order valence-electron chi connectivity index (χ0n) is 20.1. The molecular weight excluding hydrogens is 478 g/mol. The number of hydrogen-bond donors (Lipinski definition) is 0. The second kappa shape index (κ2) is 10.3. The quantitative estimate of drug-likeness (QED) is 0.303. The van der Waals surface area contributed by atoms with E-state index in [0.29, 0.717) is 5.16 Å². The summed E-state index contributed by atoms with van der Waals surface area (Å²) in [5.74, 6) is -0.613. The summed E-state index contributed by atoms with van der Waals surface area (Å²) in [6.07, 6.45) is 4.68. The lowest BCUT2D eigenvalue weighted by Crippen LogP contribution is -2.32. The van der Waals surface area contributed by atoms with Crippen LogP contribution in [0.2, 0.25) is 0 Å². The van der Waals surface area contributed by atoms with Gasteiger partial charge in [0, 0.05) is 17.3 Å². The molecule has 1 amide bonds. The van der Waals surface area contributed by atoms with E-state index in [9.17, 15) is 13.6 Å². The highest BCUT2D eigenvalue weighted by atomic mass is 32.2. The predicted octanol–water partition coefficient (Wildman–Crippen LogP) is 6.29. The van der Waals surface area contributed by atoms with Gasteiger partial charge in [-0.15, -0.1) is 0 Å². The van der Waals surface area contributed by atoms with Crippen LogP contribution >= 0.6 is 11.8 Å². The van der Waals surface area contributed by atoms with Crippen LogP contribution in [0.25, 0.3) is 6.08 Å². The Morgan fingerprint density at radius 1 is 1.03 bits per heavy atom. The number of aromatic nitrogens is 2.